The molecule has 1 N–H and O–H groups in total. The molecule has 6 heteroatoms. The zero-order valence-corrected chi connectivity index (χ0v) is 17.1. The van der Waals surface area contributed by atoms with Crippen LogP contribution in [0, 0.1) is 6.92 Å². The van der Waals surface area contributed by atoms with Crippen molar-refractivity contribution < 1.29 is 17.9 Å². The summed E-state index contributed by atoms with van der Waals surface area (Å²) in [6.45, 7) is 5.99. The molecular formula is C21H27NO4S. The lowest BCUT2D eigenvalue weighted by Crippen LogP contribution is -2.44. The van der Waals surface area contributed by atoms with Gasteiger partial charge in [0.05, 0.1) is 18.0 Å². The van der Waals surface area contributed by atoms with E-state index in [1.807, 2.05) is 31.2 Å². The fraction of sp³-hybridized carbons (Fsp3) is 0.429. The van der Waals surface area contributed by atoms with Crippen LogP contribution in [0.2, 0.25) is 0 Å². The zero-order valence-electron chi connectivity index (χ0n) is 16.3. The van der Waals surface area contributed by atoms with Crippen LogP contribution < -0.4 is 14.2 Å². The summed E-state index contributed by atoms with van der Waals surface area (Å²) >= 11 is 0. The maximum absolute atomic E-state index is 13.1. The van der Waals surface area contributed by atoms with Crippen molar-refractivity contribution in [2.75, 3.05) is 7.11 Å². The molecule has 0 bridgehead atoms. The van der Waals surface area contributed by atoms with Crippen LogP contribution in [0.15, 0.2) is 47.4 Å². The predicted molar refractivity (Wildman–Crippen MR) is 106 cm³/mol. The maximum atomic E-state index is 13.1. The second kappa shape index (κ2) is 7.52. The lowest BCUT2D eigenvalue weighted by molar-refractivity contribution is 0.0260. The van der Waals surface area contributed by atoms with Gasteiger partial charge < -0.3 is 9.47 Å². The highest BCUT2D eigenvalue weighted by atomic mass is 32.2. The van der Waals surface area contributed by atoms with Crippen LogP contribution in [-0.4, -0.2) is 21.1 Å². The number of ether oxygens (including phenoxy) is 2. The number of benzene rings is 2. The molecule has 1 aliphatic rings. The second-order valence-electron chi connectivity index (χ2n) is 7.04. The van der Waals surface area contributed by atoms with E-state index >= 15 is 0 Å². The minimum atomic E-state index is -3.68. The standard InChI is InChI=1S/C21H27NO4S/c1-5-21(6-2)14-18(17-9-7-8-10-20(17)26-21)22-27(23,24)16-11-12-19(25-4)15(3)13-16/h7-13,18,22H,5-6,14H2,1-4H3/t18-/m0/s1. The van der Waals surface area contributed by atoms with E-state index in [4.69, 9.17) is 9.47 Å². The van der Waals surface area contributed by atoms with Crippen molar-refractivity contribution in [1.29, 1.82) is 0 Å². The highest BCUT2D eigenvalue weighted by Crippen LogP contribution is 2.43. The fourth-order valence-corrected chi connectivity index (χ4v) is 4.98. The van der Waals surface area contributed by atoms with Crippen molar-refractivity contribution in [3.05, 3.63) is 53.6 Å². The first-order valence-electron chi connectivity index (χ1n) is 9.29. The number of nitrogens with one attached hydrogen (secondary N) is 1. The van der Waals surface area contributed by atoms with Gasteiger partial charge in [-0.15, -0.1) is 0 Å². The molecule has 1 atom stereocenters. The molecule has 0 spiro atoms. The maximum Gasteiger partial charge on any atom is 0.241 e. The SMILES string of the molecule is CCC1(CC)C[C@H](NS(=O)(=O)c2ccc(OC)c(C)c2)c2ccccc2O1. The molecule has 1 heterocycles. The van der Waals surface area contributed by atoms with E-state index in [1.54, 1.807) is 25.3 Å². The highest BCUT2D eigenvalue weighted by molar-refractivity contribution is 7.89. The van der Waals surface area contributed by atoms with Crippen molar-refractivity contribution in [3.8, 4) is 11.5 Å². The lowest BCUT2D eigenvalue weighted by atomic mass is 9.84. The molecule has 0 aromatic heterocycles. The van der Waals surface area contributed by atoms with Gasteiger partial charge in [0.2, 0.25) is 10.0 Å². The average molecular weight is 390 g/mol. The molecule has 0 saturated heterocycles. The smallest absolute Gasteiger partial charge is 0.241 e. The van der Waals surface area contributed by atoms with Crippen LogP contribution >= 0.6 is 0 Å². The van der Waals surface area contributed by atoms with Crippen molar-refractivity contribution in [2.45, 2.75) is 56.6 Å². The summed E-state index contributed by atoms with van der Waals surface area (Å²) in [6.07, 6.45) is 2.24. The van der Waals surface area contributed by atoms with Gasteiger partial charge in [0, 0.05) is 12.0 Å². The molecule has 27 heavy (non-hydrogen) atoms. The third-order valence-corrected chi connectivity index (χ3v) is 6.93. The molecule has 2 aromatic carbocycles. The minimum Gasteiger partial charge on any atom is -0.496 e. The molecule has 3 rings (SSSR count). The van der Waals surface area contributed by atoms with E-state index in [2.05, 4.69) is 18.6 Å². The van der Waals surface area contributed by atoms with Gasteiger partial charge in [-0.05, 0) is 49.6 Å². The Morgan fingerprint density at radius 3 is 2.52 bits per heavy atom. The topological polar surface area (TPSA) is 64.6 Å². The van der Waals surface area contributed by atoms with Crippen LogP contribution in [0.4, 0.5) is 0 Å². The number of fused-ring (bicyclic) bond motifs is 1. The first-order valence-corrected chi connectivity index (χ1v) is 10.8. The van der Waals surface area contributed by atoms with Crippen molar-refractivity contribution in [3.63, 3.8) is 0 Å². The molecule has 0 fully saturated rings. The van der Waals surface area contributed by atoms with Gasteiger partial charge in [-0.25, -0.2) is 13.1 Å². The average Bonchev–Trinajstić information content (AvgIpc) is 2.67. The van der Waals surface area contributed by atoms with Gasteiger partial charge in [0.15, 0.2) is 0 Å². The summed E-state index contributed by atoms with van der Waals surface area (Å²) in [5.74, 6) is 1.42. The normalized spacial score (nSPS) is 18.4. The number of para-hydroxylation sites is 1. The molecule has 0 radical (unpaired) electrons. The number of hydrogen-bond donors (Lipinski definition) is 1. The Bertz CT molecular complexity index is 920. The van der Waals surface area contributed by atoms with Crippen LogP contribution in [-0.2, 0) is 10.0 Å². The number of sulfonamides is 1. The van der Waals surface area contributed by atoms with E-state index in [9.17, 15) is 8.42 Å². The quantitative estimate of drug-likeness (QED) is 0.797. The largest absolute Gasteiger partial charge is 0.496 e. The fourth-order valence-electron chi connectivity index (χ4n) is 3.68. The third-order valence-electron chi connectivity index (χ3n) is 5.46. The van der Waals surface area contributed by atoms with Gasteiger partial charge in [-0.1, -0.05) is 32.0 Å². The summed E-state index contributed by atoms with van der Waals surface area (Å²) in [6, 6.07) is 12.2. The summed E-state index contributed by atoms with van der Waals surface area (Å²) in [7, 11) is -2.11. The van der Waals surface area contributed by atoms with Gasteiger partial charge in [0.1, 0.15) is 17.1 Å². The van der Waals surface area contributed by atoms with Crippen LogP contribution in [0.3, 0.4) is 0 Å². The van der Waals surface area contributed by atoms with E-state index in [-0.39, 0.29) is 16.5 Å². The molecule has 2 aromatic rings. The monoisotopic (exact) mass is 389 g/mol. The van der Waals surface area contributed by atoms with E-state index in [0.29, 0.717) is 12.2 Å². The van der Waals surface area contributed by atoms with Gasteiger partial charge in [-0.2, -0.15) is 0 Å². The van der Waals surface area contributed by atoms with E-state index in [0.717, 1.165) is 29.7 Å². The van der Waals surface area contributed by atoms with Gasteiger partial charge >= 0.3 is 0 Å². The Hall–Kier alpha value is -2.05. The minimum absolute atomic E-state index is 0.239. The Balaban J connectivity index is 1.96. The van der Waals surface area contributed by atoms with Crippen molar-refractivity contribution in [2.24, 2.45) is 0 Å². The van der Waals surface area contributed by atoms with Crippen LogP contribution in [0.25, 0.3) is 0 Å². The molecule has 0 saturated carbocycles. The Morgan fingerprint density at radius 1 is 1.19 bits per heavy atom. The summed E-state index contributed by atoms with van der Waals surface area (Å²) in [4.78, 5) is 0.239. The van der Waals surface area contributed by atoms with Gasteiger partial charge in [0.25, 0.3) is 0 Å². The van der Waals surface area contributed by atoms with Gasteiger partial charge in [-0.3, -0.25) is 0 Å². The van der Waals surface area contributed by atoms with E-state index in [1.165, 1.54) is 0 Å². The third kappa shape index (κ3) is 3.82. The number of aryl methyl sites for hydroxylation is 1. The predicted octanol–water partition coefficient (Wildman–Crippen LogP) is 4.36. The summed E-state index contributed by atoms with van der Waals surface area (Å²) in [5, 5.41) is 0. The van der Waals surface area contributed by atoms with Crippen LogP contribution in [0.5, 0.6) is 11.5 Å². The highest BCUT2D eigenvalue weighted by Gasteiger charge is 2.40. The summed E-state index contributed by atoms with van der Waals surface area (Å²) in [5.41, 5.74) is 1.30. The Labute approximate surface area is 161 Å². The molecule has 0 aliphatic carbocycles. The molecule has 0 unspecified atom stereocenters. The molecule has 1 aliphatic heterocycles. The first-order chi connectivity index (χ1) is 12.8. The molecular weight excluding hydrogens is 362 g/mol. The lowest BCUT2D eigenvalue weighted by Gasteiger charge is -2.41. The zero-order chi connectivity index (χ0) is 19.7. The molecule has 0 amide bonds. The van der Waals surface area contributed by atoms with Crippen molar-refractivity contribution >= 4 is 10.0 Å². The Morgan fingerprint density at radius 2 is 1.89 bits per heavy atom. The first kappa shape index (κ1) is 19.7. The van der Waals surface area contributed by atoms with Crippen molar-refractivity contribution in [1.82, 2.24) is 4.72 Å². The van der Waals surface area contributed by atoms with E-state index < -0.39 is 10.0 Å². The Kier molecular flexibility index (Phi) is 5.49. The number of hydrogen-bond acceptors (Lipinski definition) is 4. The number of methoxy groups -OCH3 is 1. The molecule has 5 nitrogen and oxygen atoms in total. The molecule has 146 valence electrons. The number of rotatable bonds is 6. The van der Waals surface area contributed by atoms with Crippen LogP contribution in [0.1, 0.15) is 50.3 Å². The second-order valence-corrected chi connectivity index (χ2v) is 8.75. The summed E-state index contributed by atoms with van der Waals surface area (Å²) < 4.78 is 40.5.